The highest BCUT2D eigenvalue weighted by molar-refractivity contribution is 6.33. The van der Waals surface area contributed by atoms with E-state index in [4.69, 9.17) is 16.7 Å². The van der Waals surface area contributed by atoms with Crippen LogP contribution in [0.5, 0.6) is 0 Å². The Morgan fingerprint density at radius 1 is 1.40 bits per heavy atom. The number of hydrogen-bond donors (Lipinski definition) is 3. The van der Waals surface area contributed by atoms with Crippen LogP contribution in [0.4, 0.5) is 5.82 Å². The van der Waals surface area contributed by atoms with E-state index in [1.54, 1.807) is 13.0 Å². The SMILES string of the molecule is C[C@@H](Nc1ncc(/C=C/C(=O)O)cc1Cl)C(=O)NCC1CCCCC1. The highest BCUT2D eigenvalue weighted by atomic mass is 35.5. The molecule has 0 aliphatic heterocycles. The summed E-state index contributed by atoms with van der Waals surface area (Å²) in [5.74, 6) is -0.152. The first-order valence-corrected chi connectivity index (χ1v) is 8.94. The zero-order chi connectivity index (χ0) is 18.2. The second-order valence-corrected chi connectivity index (χ2v) is 6.79. The third-order valence-corrected chi connectivity index (χ3v) is 4.61. The molecule has 0 saturated heterocycles. The number of carbonyl (C=O) groups is 2. The standard InChI is InChI=1S/C18H24ClN3O3/c1-12(18(25)21-10-13-5-3-2-4-6-13)22-17-15(19)9-14(11-20-17)7-8-16(23)24/h7-9,11-13H,2-6,10H2,1H3,(H,20,22)(H,21,25)(H,23,24)/b8-7+/t12-/m1/s1. The normalized spacial score (nSPS) is 16.6. The van der Waals surface area contributed by atoms with Crippen LogP contribution in [-0.2, 0) is 9.59 Å². The maximum atomic E-state index is 12.2. The molecule has 1 fully saturated rings. The molecule has 1 saturated carbocycles. The van der Waals surface area contributed by atoms with Crippen molar-refractivity contribution in [3.63, 3.8) is 0 Å². The molecule has 1 amide bonds. The van der Waals surface area contributed by atoms with Gasteiger partial charge in [-0.2, -0.15) is 0 Å². The minimum absolute atomic E-state index is 0.0849. The lowest BCUT2D eigenvalue weighted by Crippen LogP contribution is -2.40. The molecule has 0 unspecified atom stereocenters. The molecule has 0 radical (unpaired) electrons. The smallest absolute Gasteiger partial charge is 0.328 e. The van der Waals surface area contributed by atoms with E-state index >= 15 is 0 Å². The molecule has 2 rings (SSSR count). The number of hydrogen-bond acceptors (Lipinski definition) is 4. The molecule has 0 aromatic carbocycles. The number of rotatable bonds is 7. The molecule has 1 aromatic rings. The first kappa shape index (κ1) is 19.2. The number of amides is 1. The minimum Gasteiger partial charge on any atom is -0.478 e. The second-order valence-electron chi connectivity index (χ2n) is 6.39. The molecule has 0 spiro atoms. The zero-order valence-corrected chi connectivity index (χ0v) is 15.1. The van der Waals surface area contributed by atoms with Crippen LogP contribution in [0.1, 0.15) is 44.6 Å². The predicted molar refractivity (Wildman–Crippen MR) is 98.6 cm³/mol. The van der Waals surface area contributed by atoms with Crippen molar-refractivity contribution in [2.24, 2.45) is 5.92 Å². The highest BCUT2D eigenvalue weighted by Gasteiger charge is 2.18. The summed E-state index contributed by atoms with van der Waals surface area (Å²) in [5, 5.41) is 14.9. The van der Waals surface area contributed by atoms with E-state index in [1.807, 2.05) is 0 Å². The van der Waals surface area contributed by atoms with E-state index in [0.29, 0.717) is 28.9 Å². The Labute approximate surface area is 152 Å². The molecule has 7 heteroatoms. The van der Waals surface area contributed by atoms with Gasteiger partial charge in [-0.3, -0.25) is 4.79 Å². The van der Waals surface area contributed by atoms with Crippen LogP contribution in [0, 0.1) is 5.92 Å². The van der Waals surface area contributed by atoms with Crippen molar-refractivity contribution in [3.05, 3.63) is 28.9 Å². The van der Waals surface area contributed by atoms with E-state index in [9.17, 15) is 9.59 Å². The molecule has 1 heterocycles. The van der Waals surface area contributed by atoms with Crippen LogP contribution >= 0.6 is 11.6 Å². The van der Waals surface area contributed by atoms with Gasteiger partial charge < -0.3 is 15.7 Å². The number of nitrogens with zero attached hydrogens (tertiary/aromatic N) is 1. The van der Waals surface area contributed by atoms with Crippen LogP contribution in [0.3, 0.4) is 0 Å². The van der Waals surface area contributed by atoms with Gasteiger partial charge in [0.05, 0.1) is 5.02 Å². The first-order valence-electron chi connectivity index (χ1n) is 8.56. The van der Waals surface area contributed by atoms with Crippen LogP contribution in [-0.4, -0.2) is 34.6 Å². The van der Waals surface area contributed by atoms with Gasteiger partial charge >= 0.3 is 5.97 Å². The van der Waals surface area contributed by atoms with Crippen molar-refractivity contribution in [3.8, 4) is 0 Å². The van der Waals surface area contributed by atoms with Gasteiger partial charge in [-0.1, -0.05) is 30.9 Å². The fourth-order valence-electron chi connectivity index (χ4n) is 2.88. The summed E-state index contributed by atoms with van der Waals surface area (Å²) >= 11 is 6.15. The molecule has 3 N–H and O–H groups in total. The van der Waals surface area contributed by atoms with Gasteiger partial charge in [0, 0.05) is 18.8 Å². The number of aromatic nitrogens is 1. The van der Waals surface area contributed by atoms with Gasteiger partial charge in [0.15, 0.2) is 0 Å². The largest absolute Gasteiger partial charge is 0.478 e. The number of anilines is 1. The number of carboxylic acids is 1. The van der Waals surface area contributed by atoms with Gasteiger partial charge in [-0.15, -0.1) is 0 Å². The number of nitrogens with one attached hydrogen (secondary N) is 2. The van der Waals surface area contributed by atoms with Crippen molar-refractivity contribution in [1.82, 2.24) is 10.3 Å². The lowest BCUT2D eigenvalue weighted by molar-refractivity contribution is -0.131. The fourth-order valence-corrected chi connectivity index (χ4v) is 3.11. The van der Waals surface area contributed by atoms with Crippen LogP contribution < -0.4 is 10.6 Å². The summed E-state index contributed by atoms with van der Waals surface area (Å²) in [6, 6.07) is 1.14. The van der Waals surface area contributed by atoms with E-state index in [-0.39, 0.29) is 5.91 Å². The highest BCUT2D eigenvalue weighted by Crippen LogP contribution is 2.23. The van der Waals surface area contributed by atoms with Crippen LogP contribution in [0.25, 0.3) is 6.08 Å². The van der Waals surface area contributed by atoms with Crippen LogP contribution in [0.15, 0.2) is 18.3 Å². The van der Waals surface area contributed by atoms with Gasteiger partial charge in [-0.05, 0) is 43.4 Å². The molecule has 6 nitrogen and oxygen atoms in total. The van der Waals surface area contributed by atoms with E-state index < -0.39 is 12.0 Å². The maximum Gasteiger partial charge on any atom is 0.328 e. The molecule has 1 aliphatic carbocycles. The lowest BCUT2D eigenvalue weighted by atomic mass is 9.89. The van der Waals surface area contributed by atoms with Gasteiger partial charge in [-0.25, -0.2) is 9.78 Å². The maximum absolute atomic E-state index is 12.2. The Hall–Kier alpha value is -2.08. The molecule has 1 atom stereocenters. The number of carbonyl (C=O) groups excluding carboxylic acids is 1. The first-order chi connectivity index (χ1) is 12.0. The zero-order valence-electron chi connectivity index (χ0n) is 14.3. The predicted octanol–water partition coefficient (Wildman–Crippen LogP) is 3.33. The van der Waals surface area contributed by atoms with Gasteiger partial charge in [0.25, 0.3) is 0 Å². The summed E-state index contributed by atoms with van der Waals surface area (Å²) in [5.41, 5.74) is 0.576. The molecular formula is C18H24ClN3O3. The Balaban J connectivity index is 1.87. The number of pyridine rings is 1. The number of aliphatic carboxylic acids is 1. The topological polar surface area (TPSA) is 91.3 Å². The summed E-state index contributed by atoms with van der Waals surface area (Å²) in [6.07, 6.45) is 10.1. The average molecular weight is 366 g/mol. The molecule has 1 aromatic heterocycles. The second kappa shape index (κ2) is 9.42. The Morgan fingerprint density at radius 2 is 2.12 bits per heavy atom. The van der Waals surface area contributed by atoms with Crippen molar-refractivity contribution in [2.45, 2.75) is 45.1 Å². The third-order valence-electron chi connectivity index (χ3n) is 4.32. The Kier molecular flexibility index (Phi) is 7.25. The fraction of sp³-hybridized carbons (Fsp3) is 0.500. The van der Waals surface area contributed by atoms with Crippen molar-refractivity contribution < 1.29 is 14.7 Å². The lowest BCUT2D eigenvalue weighted by Gasteiger charge is -2.23. The molecule has 1 aliphatic rings. The van der Waals surface area contributed by atoms with Crippen molar-refractivity contribution in [2.75, 3.05) is 11.9 Å². The average Bonchev–Trinajstić information content (AvgIpc) is 2.60. The van der Waals surface area contributed by atoms with E-state index in [0.717, 1.165) is 6.08 Å². The summed E-state index contributed by atoms with van der Waals surface area (Å²) in [6.45, 7) is 2.47. The van der Waals surface area contributed by atoms with Gasteiger partial charge in [0.2, 0.25) is 5.91 Å². The number of halogens is 1. The molecule has 25 heavy (non-hydrogen) atoms. The van der Waals surface area contributed by atoms with Crippen molar-refractivity contribution in [1.29, 1.82) is 0 Å². The Morgan fingerprint density at radius 3 is 2.76 bits per heavy atom. The summed E-state index contributed by atoms with van der Waals surface area (Å²) in [4.78, 5) is 26.9. The van der Waals surface area contributed by atoms with E-state index in [2.05, 4.69) is 15.6 Å². The summed E-state index contributed by atoms with van der Waals surface area (Å²) < 4.78 is 0. The summed E-state index contributed by atoms with van der Waals surface area (Å²) in [7, 11) is 0. The van der Waals surface area contributed by atoms with E-state index in [1.165, 1.54) is 44.4 Å². The molecule has 136 valence electrons. The Bertz CT molecular complexity index is 642. The van der Waals surface area contributed by atoms with Crippen LogP contribution in [0.2, 0.25) is 5.02 Å². The van der Waals surface area contributed by atoms with Crippen molar-refractivity contribution >= 4 is 35.4 Å². The minimum atomic E-state index is -1.04. The number of carboxylic acid groups (broad SMARTS) is 1. The van der Waals surface area contributed by atoms with Gasteiger partial charge in [0.1, 0.15) is 11.9 Å². The quantitative estimate of drug-likeness (QED) is 0.644. The molecular weight excluding hydrogens is 342 g/mol. The third kappa shape index (κ3) is 6.38. The monoisotopic (exact) mass is 365 g/mol. The molecule has 0 bridgehead atoms.